The van der Waals surface area contributed by atoms with Crippen molar-refractivity contribution in [3.8, 4) is 0 Å². The first kappa shape index (κ1) is 11.2. The Kier molecular flexibility index (Phi) is 6.41. The zero-order chi connectivity index (χ0) is 9.40. The van der Waals surface area contributed by atoms with E-state index in [1.807, 2.05) is 0 Å². The van der Waals surface area contributed by atoms with Crippen LogP contribution in [0, 0.1) is 0 Å². The topological polar surface area (TPSA) is 68.3 Å². The van der Waals surface area contributed by atoms with E-state index in [0.717, 1.165) is 13.2 Å². The van der Waals surface area contributed by atoms with E-state index >= 15 is 0 Å². The molecule has 0 radical (unpaired) electrons. The molecule has 1 aliphatic rings. The molecule has 1 saturated heterocycles. The summed E-state index contributed by atoms with van der Waals surface area (Å²) in [5.41, 5.74) is 0. The van der Waals surface area contributed by atoms with Crippen LogP contribution in [0.1, 0.15) is 13.3 Å². The number of aliphatic hydroxyl groups excluding tert-OH is 1. The minimum absolute atomic E-state index is 0.370. The summed E-state index contributed by atoms with van der Waals surface area (Å²) in [5.74, 6) is 0. The number of carbonyl (C=O) groups is 1. The Bertz CT molecular complexity index is 120. The molecule has 0 spiro atoms. The highest BCUT2D eigenvalue weighted by atomic mass is 16.8. The third kappa shape index (κ3) is 9.19. The van der Waals surface area contributed by atoms with Crippen molar-refractivity contribution in [2.45, 2.75) is 19.6 Å². The Labute approximate surface area is 71.2 Å². The van der Waals surface area contributed by atoms with Gasteiger partial charge in [-0.15, -0.1) is 0 Å². The molecule has 1 aliphatic heterocycles. The van der Waals surface area contributed by atoms with Gasteiger partial charge in [0, 0.05) is 6.42 Å². The van der Waals surface area contributed by atoms with Crippen molar-refractivity contribution in [2.24, 2.45) is 0 Å². The summed E-state index contributed by atoms with van der Waals surface area (Å²) in [4.78, 5) is 10.2. The molecule has 12 heavy (non-hydrogen) atoms. The SMILES string of the molecule is C1CO1.CCC(O)OC(=O)OC. The summed E-state index contributed by atoms with van der Waals surface area (Å²) in [7, 11) is 1.19. The zero-order valence-corrected chi connectivity index (χ0v) is 7.28. The van der Waals surface area contributed by atoms with Gasteiger partial charge in [-0.05, 0) is 0 Å². The molecule has 0 aromatic heterocycles. The lowest BCUT2D eigenvalue weighted by molar-refractivity contribution is -0.0765. The number of epoxide rings is 1. The number of hydrogen-bond donors (Lipinski definition) is 1. The number of rotatable bonds is 2. The summed E-state index contributed by atoms with van der Waals surface area (Å²) in [6.45, 7) is 3.69. The minimum atomic E-state index is -1.04. The fourth-order valence-corrected chi connectivity index (χ4v) is 0.243. The van der Waals surface area contributed by atoms with Gasteiger partial charge >= 0.3 is 6.16 Å². The Hall–Kier alpha value is -0.810. The molecule has 0 saturated carbocycles. The standard InChI is InChI=1S/C5H10O4.C2H4O/c1-3-4(6)9-5(7)8-2;1-2-3-1/h4,6H,3H2,1-2H3;1-2H2. The molecule has 1 fully saturated rings. The highest BCUT2D eigenvalue weighted by molar-refractivity contribution is 5.59. The average molecular weight is 178 g/mol. The van der Waals surface area contributed by atoms with Gasteiger partial charge in [-0.3, -0.25) is 0 Å². The maximum Gasteiger partial charge on any atom is 0.510 e. The summed E-state index contributed by atoms with van der Waals surface area (Å²) in [6, 6.07) is 0. The van der Waals surface area contributed by atoms with Crippen molar-refractivity contribution in [2.75, 3.05) is 20.3 Å². The smallest absolute Gasteiger partial charge is 0.438 e. The molecule has 1 heterocycles. The summed E-state index contributed by atoms with van der Waals surface area (Å²) < 4.78 is 12.8. The third-order valence-corrected chi connectivity index (χ3v) is 0.952. The van der Waals surface area contributed by atoms with E-state index in [1.165, 1.54) is 7.11 Å². The molecule has 1 rings (SSSR count). The second-order valence-corrected chi connectivity index (χ2v) is 2.05. The van der Waals surface area contributed by atoms with Gasteiger partial charge in [0.05, 0.1) is 20.3 Å². The first-order valence-electron chi connectivity index (χ1n) is 3.71. The van der Waals surface area contributed by atoms with Crippen molar-refractivity contribution in [3.05, 3.63) is 0 Å². The van der Waals surface area contributed by atoms with E-state index in [0.29, 0.717) is 6.42 Å². The molecule has 0 aromatic carbocycles. The lowest BCUT2D eigenvalue weighted by atomic mass is 10.5. The summed E-state index contributed by atoms with van der Waals surface area (Å²) in [5, 5.41) is 8.64. The first-order chi connectivity index (χ1) is 5.70. The second-order valence-electron chi connectivity index (χ2n) is 2.05. The minimum Gasteiger partial charge on any atom is -0.438 e. The number of hydrogen-bond acceptors (Lipinski definition) is 5. The van der Waals surface area contributed by atoms with Crippen LogP contribution in [0.2, 0.25) is 0 Å². The van der Waals surface area contributed by atoms with Crippen LogP contribution in [-0.4, -0.2) is 37.9 Å². The van der Waals surface area contributed by atoms with Crippen LogP contribution in [0.3, 0.4) is 0 Å². The van der Waals surface area contributed by atoms with Gasteiger partial charge in [0.25, 0.3) is 0 Å². The van der Waals surface area contributed by atoms with Gasteiger partial charge in [-0.2, -0.15) is 0 Å². The molecule has 72 valence electrons. The lowest BCUT2D eigenvalue weighted by Crippen LogP contribution is -2.15. The maximum absolute atomic E-state index is 10.2. The molecule has 1 N–H and O–H groups in total. The van der Waals surface area contributed by atoms with Crippen LogP contribution >= 0.6 is 0 Å². The number of ether oxygens (including phenoxy) is 3. The number of aliphatic hydroxyl groups is 1. The van der Waals surface area contributed by atoms with Gasteiger partial charge in [-0.1, -0.05) is 6.92 Å². The fourth-order valence-electron chi connectivity index (χ4n) is 0.243. The summed E-state index contributed by atoms with van der Waals surface area (Å²) >= 11 is 0. The van der Waals surface area contributed by atoms with Crippen molar-refractivity contribution in [1.29, 1.82) is 0 Å². The molecule has 5 nitrogen and oxygen atoms in total. The van der Waals surface area contributed by atoms with Gasteiger partial charge in [-0.25, -0.2) is 4.79 Å². The monoisotopic (exact) mass is 178 g/mol. The van der Waals surface area contributed by atoms with E-state index in [-0.39, 0.29) is 0 Å². The van der Waals surface area contributed by atoms with Crippen LogP contribution in [0.25, 0.3) is 0 Å². The van der Waals surface area contributed by atoms with Crippen molar-refractivity contribution in [3.63, 3.8) is 0 Å². The van der Waals surface area contributed by atoms with Gasteiger partial charge in [0.2, 0.25) is 6.29 Å². The Morgan fingerprint density at radius 3 is 2.42 bits per heavy atom. The van der Waals surface area contributed by atoms with E-state index < -0.39 is 12.4 Å². The Morgan fingerprint density at radius 2 is 2.17 bits per heavy atom. The number of methoxy groups -OCH3 is 1. The highest BCUT2D eigenvalue weighted by Gasteiger charge is 2.06. The highest BCUT2D eigenvalue weighted by Crippen LogP contribution is 1.93. The van der Waals surface area contributed by atoms with Crippen LogP contribution in [0.4, 0.5) is 4.79 Å². The zero-order valence-electron chi connectivity index (χ0n) is 7.28. The molecular formula is C7H14O5. The first-order valence-corrected chi connectivity index (χ1v) is 3.71. The fraction of sp³-hybridized carbons (Fsp3) is 0.857. The van der Waals surface area contributed by atoms with E-state index in [1.54, 1.807) is 6.92 Å². The largest absolute Gasteiger partial charge is 0.510 e. The van der Waals surface area contributed by atoms with E-state index in [9.17, 15) is 4.79 Å². The Balaban J connectivity index is 0.000000330. The lowest BCUT2D eigenvalue weighted by Gasteiger charge is -2.06. The van der Waals surface area contributed by atoms with Crippen molar-refractivity contribution in [1.82, 2.24) is 0 Å². The third-order valence-electron chi connectivity index (χ3n) is 0.952. The molecule has 1 unspecified atom stereocenters. The molecular weight excluding hydrogens is 164 g/mol. The molecule has 0 bridgehead atoms. The van der Waals surface area contributed by atoms with Crippen LogP contribution in [-0.2, 0) is 14.2 Å². The Morgan fingerprint density at radius 1 is 1.67 bits per heavy atom. The van der Waals surface area contributed by atoms with Crippen LogP contribution < -0.4 is 0 Å². The van der Waals surface area contributed by atoms with Crippen LogP contribution in [0.5, 0.6) is 0 Å². The molecule has 0 aromatic rings. The van der Waals surface area contributed by atoms with Gasteiger partial charge < -0.3 is 19.3 Å². The van der Waals surface area contributed by atoms with Crippen molar-refractivity contribution >= 4 is 6.16 Å². The van der Waals surface area contributed by atoms with E-state index in [2.05, 4.69) is 14.2 Å². The number of carbonyl (C=O) groups excluding carboxylic acids is 1. The summed E-state index contributed by atoms with van der Waals surface area (Å²) in [6.07, 6.45) is -1.53. The van der Waals surface area contributed by atoms with Crippen molar-refractivity contribution < 1.29 is 24.1 Å². The van der Waals surface area contributed by atoms with Gasteiger partial charge in [0.1, 0.15) is 0 Å². The molecule has 5 heteroatoms. The van der Waals surface area contributed by atoms with E-state index in [4.69, 9.17) is 5.11 Å². The predicted octanol–water partition coefficient (Wildman–Crippen LogP) is 0.514. The molecule has 0 amide bonds. The quantitative estimate of drug-likeness (QED) is 0.379. The van der Waals surface area contributed by atoms with Gasteiger partial charge in [0.15, 0.2) is 0 Å². The average Bonchev–Trinajstić information content (AvgIpc) is 2.89. The second kappa shape index (κ2) is 6.87. The van der Waals surface area contributed by atoms with Crippen LogP contribution in [0.15, 0.2) is 0 Å². The molecule has 1 atom stereocenters. The molecule has 0 aliphatic carbocycles. The maximum atomic E-state index is 10.2. The predicted molar refractivity (Wildman–Crippen MR) is 40.6 cm³/mol. The normalized spacial score (nSPS) is 15.2.